The lowest BCUT2D eigenvalue weighted by atomic mass is 9.84. The highest BCUT2D eigenvalue weighted by Gasteiger charge is 2.28. The van der Waals surface area contributed by atoms with Gasteiger partial charge in [0.2, 0.25) is 0 Å². The van der Waals surface area contributed by atoms with Crippen LogP contribution in [0.15, 0.2) is 0 Å². The minimum atomic E-state index is 0.435. The topological polar surface area (TPSA) is 18.5 Å². The Bertz CT molecular complexity index is 238. The molecule has 1 aliphatic rings. The summed E-state index contributed by atoms with van der Waals surface area (Å²) in [5.41, 5.74) is 0.435. The molecule has 3 nitrogen and oxygen atoms in total. The van der Waals surface area contributed by atoms with Crippen LogP contribution in [0.5, 0.6) is 0 Å². The molecule has 3 heteroatoms. The van der Waals surface area contributed by atoms with Crippen LogP contribution < -0.4 is 5.32 Å². The maximum atomic E-state index is 3.73. The van der Waals surface area contributed by atoms with Crippen LogP contribution in [0.25, 0.3) is 0 Å². The Hall–Kier alpha value is -0.120. The van der Waals surface area contributed by atoms with Gasteiger partial charge in [-0.1, -0.05) is 20.3 Å². The van der Waals surface area contributed by atoms with Crippen molar-refractivity contribution in [2.24, 2.45) is 5.41 Å². The van der Waals surface area contributed by atoms with Crippen LogP contribution in [0.1, 0.15) is 46.0 Å². The average molecular weight is 269 g/mol. The van der Waals surface area contributed by atoms with E-state index in [2.05, 4.69) is 50.1 Å². The van der Waals surface area contributed by atoms with Crippen molar-refractivity contribution in [3.05, 3.63) is 0 Å². The first-order valence-corrected chi connectivity index (χ1v) is 8.02. The number of hydrogen-bond donors (Lipinski definition) is 1. The molecule has 0 amide bonds. The van der Waals surface area contributed by atoms with E-state index < -0.39 is 0 Å². The Morgan fingerprint density at radius 2 is 1.84 bits per heavy atom. The van der Waals surface area contributed by atoms with Gasteiger partial charge in [0.05, 0.1) is 0 Å². The second kappa shape index (κ2) is 8.23. The molecule has 0 heterocycles. The van der Waals surface area contributed by atoms with Gasteiger partial charge >= 0.3 is 0 Å². The molecule has 0 aromatic heterocycles. The molecule has 1 atom stereocenters. The van der Waals surface area contributed by atoms with Crippen molar-refractivity contribution in [2.75, 3.05) is 47.3 Å². The first kappa shape index (κ1) is 16.9. The third kappa shape index (κ3) is 7.91. The molecule has 0 saturated heterocycles. The lowest BCUT2D eigenvalue weighted by molar-refractivity contribution is 0.168. The molecular weight excluding hydrogens is 234 g/mol. The van der Waals surface area contributed by atoms with Crippen LogP contribution in [0.2, 0.25) is 0 Å². The molecule has 0 spiro atoms. The molecule has 19 heavy (non-hydrogen) atoms. The van der Waals surface area contributed by atoms with E-state index in [1.165, 1.54) is 58.3 Å². The Morgan fingerprint density at radius 3 is 2.37 bits per heavy atom. The zero-order valence-corrected chi connectivity index (χ0v) is 13.8. The summed E-state index contributed by atoms with van der Waals surface area (Å²) in [6, 6.07) is 0.829. The van der Waals surface area contributed by atoms with E-state index in [4.69, 9.17) is 0 Å². The summed E-state index contributed by atoms with van der Waals surface area (Å²) >= 11 is 0. The lowest BCUT2D eigenvalue weighted by Crippen LogP contribution is -2.42. The van der Waals surface area contributed by atoms with Crippen molar-refractivity contribution in [2.45, 2.75) is 52.0 Å². The molecule has 1 saturated carbocycles. The maximum absolute atomic E-state index is 3.73. The fourth-order valence-electron chi connectivity index (χ4n) is 2.89. The Kier molecular flexibility index (Phi) is 7.33. The molecule has 0 aromatic rings. The van der Waals surface area contributed by atoms with Crippen molar-refractivity contribution in [1.29, 1.82) is 0 Å². The van der Waals surface area contributed by atoms with E-state index in [1.54, 1.807) is 0 Å². The summed E-state index contributed by atoms with van der Waals surface area (Å²) in [6.45, 7) is 9.56. The quantitative estimate of drug-likeness (QED) is 0.621. The van der Waals surface area contributed by atoms with Gasteiger partial charge in [-0.2, -0.15) is 0 Å². The molecule has 1 fully saturated rings. The second-order valence-corrected chi connectivity index (χ2v) is 7.11. The summed E-state index contributed by atoms with van der Waals surface area (Å²) < 4.78 is 0. The first-order chi connectivity index (χ1) is 8.95. The third-order valence-electron chi connectivity index (χ3n) is 4.05. The molecule has 1 rings (SSSR count). The largest absolute Gasteiger partial charge is 0.313 e. The van der Waals surface area contributed by atoms with Crippen molar-refractivity contribution in [1.82, 2.24) is 15.1 Å². The standard InChI is InChI=1S/C16H35N3/c1-6-10-16(2,13-17-15-8-9-15)14-19(5)12-7-11-18(3)4/h15,17H,6-14H2,1-5H3. The highest BCUT2D eigenvalue weighted by atomic mass is 15.1. The van der Waals surface area contributed by atoms with Crippen LogP contribution in [-0.4, -0.2) is 63.2 Å². The summed E-state index contributed by atoms with van der Waals surface area (Å²) in [6.07, 6.45) is 6.66. The molecule has 114 valence electrons. The van der Waals surface area contributed by atoms with Crippen molar-refractivity contribution < 1.29 is 0 Å². The van der Waals surface area contributed by atoms with Gasteiger partial charge in [-0.3, -0.25) is 0 Å². The predicted molar refractivity (Wildman–Crippen MR) is 84.7 cm³/mol. The number of rotatable bonds is 11. The Labute approximate surface area is 120 Å². The fraction of sp³-hybridized carbons (Fsp3) is 1.00. The highest BCUT2D eigenvalue weighted by molar-refractivity contribution is 4.86. The molecular formula is C16H35N3. The minimum absolute atomic E-state index is 0.435. The zero-order chi connectivity index (χ0) is 14.3. The highest BCUT2D eigenvalue weighted by Crippen LogP contribution is 2.26. The van der Waals surface area contributed by atoms with E-state index >= 15 is 0 Å². The predicted octanol–water partition coefficient (Wildman–Crippen LogP) is 2.43. The van der Waals surface area contributed by atoms with Crippen molar-refractivity contribution in [3.63, 3.8) is 0 Å². The normalized spacial score (nSPS) is 19.1. The van der Waals surface area contributed by atoms with Crippen LogP contribution in [0.4, 0.5) is 0 Å². The summed E-state index contributed by atoms with van der Waals surface area (Å²) in [7, 11) is 6.59. The van der Waals surface area contributed by atoms with E-state index in [0.29, 0.717) is 5.41 Å². The van der Waals surface area contributed by atoms with Gasteiger partial charge < -0.3 is 15.1 Å². The van der Waals surface area contributed by atoms with E-state index in [0.717, 1.165) is 6.04 Å². The summed E-state index contributed by atoms with van der Waals surface area (Å²) in [4.78, 5) is 4.79. The van der Waals surface area contributed by atoms with Gasteiger partial charge in [-0.05, 0) is 65.3 Å². The number of nitrogens with one attached hydrogen (secondary N) is 1. The van der Waals surface area contributed by atoms with Gasteiger partial charge in [-0.25, -0.2) is 0 Å². The average Bonchev–Trinajstić information content (AvgIpc) is 3.09. The molecule has 1 aliphatic carbocycles. The lowest BCUT2D eigenvalue weighted by Gasteiger charge is -2.34. The number of hydrogen-bond acceptors (Lipinski definition) is 3. The van der Waals surface area contributed by atoms with Gasteiger partial charge in [-0.15, -0.1) is 0 Å². The minimum Gasteiger partial charge on any atom is -0.313 e. The van der Waals surface area contributed by atoms with Gasteiger partial charge in [0.1, 0.15) is 0 Å². The van der Waals surface area contributed by atoms with Crippen LogP contribution >= 0.6 is 0 Å². The molecule has 0 aliphatic heterocycles. The van der Waals surface area contributed by atoms with Gasteiger partial charge in [0.15, 0.2) is 0 Å². The molecule has 1 unspecified atom stereocenters. The van der Waals surface area contributed by atoms with Gasteiger partial charge in [0, 0.05) is 19.1 Å². The van der Waals surface area contributed by atoms with Gasteiger partial charge in [0.25, 0.3) is 0 Å². The van der Waals surface area contributed by atoms with Crippen LogP contribution in [0, 0.1) is 5.41 Å². The fourth-order valence-corrected chi connectivity index (χ4v) is 2.89. The Morgan fingerprint density at radius 1 is 1.16 bits per heavy atom. The molecule has 0 bridgehead atoms. The van der Waals surface area contributed by atoms with Crippen molar-refractivity contribution >= 4 is 0 Å². The Balaban J connectivity index is 2.28. The summed E-state index contributed by atoms with van der Waals surface area (Å²) in [5.74, 6) is 0. The monoisotopic (exact) mass is 269 g/mol. The van der Waals surface area contributed by atoms with E-state index in [1.807, 2.05) is 0 Å². The van der Waals surface area contributed by atoms with Crippen LogP contribution in [-0.2, 0) is 0 Å². The SMILES string of the molecule is CCCC(C)(CNC1CC1)CN(C)CCCN(C)C. The molecule has 0 aromatic carbocycles. The van der Waals surface area contributed by atoms with E-state index in [9.17, 15) is 0 Å². The van der Waals surface area contributed by atoms with Crippen LogP contribution in [0.3, 0.4) is 0 Å². The van der Waals surface area contributed by atoms with Crippen molar-refractivity contribution in [3.8, 4) is 0 Å². The molecule has 1 N–H and O–H groups in total. The van der Waals surface area contributed by atoms with E-state index in [-0.39, 0.29) is 0 Å². The number of nitrogens with zero attached hydrogens (tertiary/aromatic N) is 2. The smallest absolute Gasteiger partial charge is 0.00684 e. The zero-order valence-electron chi connectivity index (χ0n) is 13.8. The summed E-state index contributed by atoms with van der Waals surface area (Å²) in [5, 5.41) is 3.73. The third-order valence-corrected chi connectivity index (χ3v) is 4.05. The molecule has 0 radical (unpaired) electrons. The first-order valence-electron chi connectivity index (χ1n) is 8.02. The maximum Gasteiger partial charge on any atom is 0.00684 e. The second-order valence-electron chi connectivity index (χ2n) is 7.11.